The number of carbonyl (C=O) groups excluding carboxylic acids is 1. The van der Waals surface area contributed by atoms with Crippen molar-refractivity contribution < 1.29 is 27.8 Å². The van der Waals surface area contributed by atoms with Crippen molar-refractivity contribution in [3.63, 3.8) is 0 Å². The van der Waals surface area contributed by atoms with E-state index >= 15 is 0 Å². The summed E-state index contributed by atoms with van der Waals surface area (Å²) in [6.45, 7) is -0.110. The molecule has 0 aliphatic heterocycles. The fourth-order valence-corrected chi connectivity index (χ4v) is 3.17. The molecule has 0 aliphatic rings. The number of ether oxygens (including phenoxy) is 3. The maximum Gasteiger partial charge on any atom is 0.338 e. The lowest BCUT2D eigenvalue weighted by Crippen LogP contribution is -2.06. The minimum absolute atomic E-state index is 0.110. The molecule has 0 radical (unpaired) electrons. The first kappa shape index (κ1) is 18.8. The number of thiazole rings is 1. The van der Waals surface area contributed by atoms with Crippen molar-refractivity contribution in [1.29, 1.82) is 0 Å². The highest BCUT2D eigenvalue weighted by atomic mass is 32.1. The van der Waals surface area contributed by atoms with Crippen molar-refractivity contribution in [3.8, 4) is 22.1 Å². The zero-order chi connectivity index (χ0) is 19.4. The maximum atomic E-state index is 13.2. The second kappa shape index (κ2) is 8.13. The van der Waals surface area contributed by atoms with Crippen molar-refractivity contribution in [2.75, 3.05) is 14.2 Å². The third-order valence-electron chi connectivity index (χ3n) is 3.63. The molecule has 5 nitrogen and oxygen atoms in total. The van der Waals surface area contributed by atoms with Crippen molar-refractivity contribution in [3.05, 3.63) is 64.7 Å². The normalized spacial score (nSPS) is 10.5. The molecule has 1 heterocycles. The quantitative estimate of drug-likeness (QED) is 0.581. The Kier molecular flexibility index (Phi) is 5.66. The molecular formula is C19H15F2NO4S. The lowest BCUT2D eigenvalue weighted by molar-refractivity contribution is 0.0467. The molecule has 1 aromatic heterocycles. The fourth-order valence-electron chi connectivity index (χ4n) is 2.37. The molecule has 0 bridgehead atoms. The SMILES string of the molecule is COc1ccc(-c2nc(COC(=O)c3cc(F)cc(F)c3)cs2)cc1OC. The first-order valence-corrected chi connectivity index (χ1v) is 8.68. The molecule has 0 saturated heterocycles. The van der Waals surface area contributed by atoms with Crippen LogP contribution in [0.4, 0.5) is 8.78 Å². The first-order chi connectivity index (χ1) is 13.0. The van der Waals surface area contributed by atoms with E-state index in [1.807, 2.05) is 6.07 Å². The average Bonchev–Trinajstić information content (AvgIpc) is 3.13. The van der Waals surface area contributed by atoms with Crippen LogP contribution in [0, 0.1) is 11.6 Å². The van der Waals surface area contributed by atoms with Crippen molar-refractivity contribution in [1.82, 2.24) is 4.98 Å². The first-order valence-electron chi connectivity index (χ1n) is 7.80. The van der Waals surface area contributed by atoms with Gasteiger partial charge in [0, 0.05) is 17.0 Å². The minimum Gasteiger partial charge on any atom is -0.493 e. The lowest BCUT2D eigenvalue weighted by atomic mass is 10.2. The maximum absolute atomic E-state index is 13.2. The molecule has 0 aliphatic carbocycles. The van der Waals surface area contributed by atoms with E-state index in [4.69, 9.17) is 14.2 Å². The van der Waals surface area contributed by atoms with Gasteiger partial charge in [-0.15, -0.1) is 11.3 Å². The Labute approximate surface area is 158 Å². The summed E-state index contributed by atoms with van der Waals surface area (Å²) in [5.41, 5.74) is 1.15. The molecule has 0 fully saturated rings. The summed E-state index contributed by atoms with van der Waals surface area (Å²) in [6, 6.07) is 7.93. The van der Waals surface area contributed by atoms with Gasteiger partial charge in [-0.2, -0.15) is 0 Å². The number of hydrogen-bond acceptors (Lipinski definition) is 6. The molecule has 0 spiro atoms. The summed E-state index contributed by atoms with van der Waals surface area (Å²) < 4.78 is 41.9. The summed E-state index contributed by atoms with van der Waals surface area (Å²) in [5.74, 6) is -1.33. The Hall–Kier alpha value is -3.00. The highest BCUT2D eigenvalue weighted by molar-refractivity contribution is 7.13. The Morgan fingerprint density at radius 3 is 2.41 bits per heavy atom. The minimum atomic E-state index is -0.841. The van der Waals surface area contributed by atoms with E-state index < -0.39 is 17.6 Å². The Bertz CT molecular complexity index is 954. The molecule has 0 amide bonds. The van der Waals surface area contributed by atoms with Crippen LogP contribution in [-0.4, -0.2) is 25.2 Å². The highest BCUT2D eigenvalue weighted by Gasteiger charge is 2.13. The molecule has 140 valence electrons. The van der Waals surface area contributed by atoms with Crippen LogP contribution in [-0.2, 0) is 11.3 Å². The van der Waals surface area contributed by atoms with E-state index in [1.165, 1.54) is 11.3 Å². The Morgan fingerprint density at radius 2 is 1.74 bits per heavy atom. The zero-order valence-corrected chi connectivity index (χ0v) is 15.3. The van der Waals surface area contributed by atoms with Crippen LogP contribution in [0.25, 0.3) is 10.6 Å². The molecule has 3 rings (SSSR count). The van der Waals surface area contributed by atoms with Gasteiger partial charge in [0.1, 0.15) is 23.2 Å². The summed E-state index contributed by atoms with van der Waals surface area (Å²) in [7, 11) is 3.10. The number of carbonyl (C=O) groups is 1. The van der Waals surface area contributed by atoms with Gasteiger partial charge in [-0.3, -0.25) is 0 Å². The molecule has 27 heavy (non-hydrogen) atoms. The number of rotatable bonds is 6. The summed E-state index contributed by atoms with van der Waals surface area (Å²) in [5, 5.41) is 2.45. The Morgan fingerprint density at radius 1 is 1.04 bits per heavy atom. The van der Waals surface area contributed by atoms with E-state index in [1.54, 1.807) is 31.7 Å². The second-order valence-corrected chi connectivity index (χ2v) is 6.31. The molecule has 3 aromatic rings. The standard InChI is InChI=1S/C19H15F2NO4S/c1-24-16-4-3-11(7-17(16)25-2)18-22-15(10-27-18)9-26-19(23)12-5-13(20)8-14(21)6-12/h3-8,10H,9H2,1-2H3. The average molecular weight is 391 g/mol. The van der Waals surface area contributed by atoms with E-state index in [0.29, 0.717) is 28.3 Å². The van der Waals surface area contributed by atoms with Gasteiger partial charge >= 0.3 is 5.97 Å². The molecular weight excluding hydrogens is 376 g/mol. The number of halogens is 2. The van der Waals surface area contributed by atoms with Gasteiger partial charge in [-0.1, -0.05) is 0 Å². The van der Waals surface area contributed by atoms with Crippen LogP contribution >= 0.6 is 11.3 Å². The van der Waals surface area contributed by atoms with Gasteiger partial charge in [-0.05, 0) is 30.3 Å². The number of benzene rings is 2. The topological polar surface area (TPSA) is 57.7 Å². The van der Waals surface area contributed by atoms with Crippen LogP contribution in [0.3, 0.4) is 0 Å². The van der Waals surface area contributed by atoms with E-state index in [-0.39, 0.29) is 12.2 Å². The predicted molar refractivity (Wildman–Crippen MR) is 96.1 cm³/mol. The van der Waals surface area contributed by atoms with Gasteiger partial charge < -0.3 is 14.2 Å². The van der Waals surface area contributed by atoms with E-state index in [0.717, 1.165) is 17.7 Å². The monoisotopic (exact) mass is 391 g/mol. The third-order valence-corrected chi connectivity index (χ3v) is 4.57. The number of hydrogen-bond donors (Lipinski definition) is 0. The number of nitrogens with zero attached hydrogens (tertiary/aromatic N) is 1. The van der Waals surface area contributed by atoms with Crippen LogP contribution in [0.1, 0.15) is 16.1 Å². The van der Waals surface area contributed by atoms with Gasteiger partial charge in [0.05, 0.1) is 25.5 Å². The number of aromatic nitrogens is 1. The predicted octanol–water partition coefficient (Wildman–Crippen LogP) is 4.46. The molecule has 0 N–H and O–H groups in total. The van der Waals surface area contributed by atoms with Crippen LogP contribution in [0.2, 0.25) is 0 Å². The van der Waals surface area contributed by atoms with E-state index in [9.17, 15) is 13.6 Å². The zero-order valence-electron chi connectivity index (χ0n) is 14.5. The third kappa shape index (κ3) is 4.40. The van der Waals surface area contributed by atoms with Gasteiger partial charge in [0.25, 0.3) is 0 Å². The van der Waals surface area contributed by atoms with Gasteiger partial charge in [0.2, 0.25) is 0 Å². The summed E-state index contributed by atoms with van der Waals surface area (Å²) >= 11 is 1.37. The van der Waals surface area contributed by atoms with Gasteiger partial charge in [-0.25, -0.2) is 18.6 Å². The molecule has 0 unspecified atom stereocenters. The van der Waals surface area contributed by atoms with Crippen molar-refractivity contribution >= 4 is 17.3 Å². The largest absolute Gasteiger partial charge is 0.493 e. The fraction of sp³-hybridized carbons (Fsp3) is 0.158. The molecule has 0 saturated carbocycles. The van der Waals surface area contributed by atoms with Crippen molar-refractivity contribution in [2.45, 2.75) is 6.61 Å². The van der Waals surface area contributed by atoms with Crippen LogP contribution in [0.15, 0.2) is 41.8 Å². The van der Waals surface area contributed by atoms with Crippen LogP contribution < -0.4 is 9.47 Å². The highest BCUT2D eigenvalue weighted by Crippen LogP contribution is 2.33. The number of esters is 1. The summed E-state index contributed by atoms with van der Waals surface area (Å²) in [4.78, 5) is 16.4. The van der Waals surface area contributed by atoms with Crippen molar-refractivity contribution in [2.24, 2.45) is 0 Å². The smallest absolute Gasteiger partial charge is 0.338 e. The summed E-state index contributed by atoms with van der Waals surface area (Å²) in [6.07, 6.45) is 0. The Balaban J connectivity index is 1.70. The lowest BCUT2D eigenvalue weighted by Gasteiger charge is -2.08. The molecule has 8 heteroatoms. The van der Waals surface area contributed by atoms with Gasteiger partial charge in [0.15, 0.2) is 11.5 Å². The second-order valence-electron chi connectivity index (χ2n) is 5.45. The molecule has 0 atom stereocenters. The molecule has 2 aromatic carbocycles. The van der Waals surface area contributed by atoms with Crippen LogP contribution in [0.5, 0.6) is 11.5 Å². The number of methoxy groups -OCH3 is 2. The van der Waals surface area contributed by atoms with E-state index in [2.05, 4.69) is 4.98 Å².